The molecule has 2 unspecified atom stereocenters. The van der Waals surface area contributed by atoms with Crippen molar-refractivity contribution in [3.05, 3.63) is 29.3 Å². The number of nitrogens with one attached hydrogen (secondary N) is 1. The number of piperidine rings is 1. The molecule has 2 atom stereocenters. The van der Waals surface area contributed by atoms with E-state index in [0.717, 1.165) is 18.7 Å². The van der Waals surface area contributed by atoms with Gasteiger partial charge in [-0.05, 0) is 37.2 Å². The fraction of sp³-hybridized carbons (Fsp3) is 0.588. The number of fused-ring (bicyclic) bond motifs is 1. The summed E-state index contributed by atoms with van der Waals surface area (Å²) in [4.78, 5) is 16.3. The number of nitrogens with two attached hydrogens (primary N) is 1. The molecule has 2 fully saturated rings. The minimum Gasteiger partial charge on any atom is -0.375 e. The molecule has 0 aliphatic carbocycles. The van der Waals surface area contributed by atoms with E-state index < -0.39 is 17.8 Å². The zero-order valence-electron chi connectivity index (χ0n) is 14.6. The quantitative estimate of drug-likeness (QED) is 0.834. The van der Waals surface area contributed by atoms with Crippen LogP contribution in [-0.4, -0.2) is 61.3 Å². The average molecular weight is 372 g/mol. The predicted molar refractivity (Wildman–Crippen MR) is 90.7 cm³/mol. The second-order valence-corrected chi connectivity index (χ2v) is 6.74. The van der Waals surface area contributed by atoms with Crippen LogP contribution in [0.25, 0.3) is 0 Å². The number of benzene rings is 1. The van der Waals surface area contributed by atoms with E-state index >= 15 is 0 Å². The summed E-state index contributed by atoms with van der Waals surface area (Å²) in [6.45, 7) is 2.42. The lowest BCUT2D eigenvalue weighted by Gasteiger charge is -2.45. The Labute approximate surface area is 150 Å². The summed E-state index contributed by atoms with van der Waals surface area (Å²) in [5, 5.41) is 2.58. The van der Waals surface area contributed by atoms with Crippen LogP contribution in [0.15, 0.2) is 18.2 Å². The Morgan fingerprint density at radius 1 is 1.35 bits per heavy atom. The van der Waals surface area contributed by atoms with Gasteiger partial charge in [-0.2, -0.15) is 13.2 Å². The van der Waals surface area contributed by atoms with E-state index in [2.05, 4.69) is 10.2 Å². The number of hydrogen-bond donors (Lipinski definition) is 2. The number of amides is 2. The van der Waals surface area contributed by atoms with Crippen LogP contribution in [0.4, 0.5) is 23.7 Å². The number of likely N-dealkylation sites (N-methyl/N-ethyl adjacent to an activating group) is 1. The highest BCUT2D eigenvalue weighted by Crippen LogP contribution is 2.32. The maximum absolute atomic E-state index is 13.0. The van der Waals surface area contributed by atoms with Crippen molar-refractivity contribution in [2.75, 3.05) is 38.6 Å². The van der Waals surface area contributed by atoms with Crippen molar-refractivity contribution in [3.8, 4) is 0 Å². The first-order chi connectivity index (χ1) is 12.3. The van der Waals surface area contributed by atoms with Crippen LogP contribution < -0.4 is 11.1 Å². The van der Waals surface area contributed by atoms with Gasteiger partial charge in [0, 0.05) is 31.9 Å². The smallest absolute Gasteiger partial charge is 0.375 e. The van der Waals surface area contributed by atoms with E-state index in [4.69, 9.17) is 10.5 Å². The molecule has 9 heteroatoms. The van der Waals surface area contributed by atoms with Gasteiger partial charge in [0.1, 0.15) is 0 Å². The van der Waals surface area contributed by atoms with Crippen molar-refractivity contribution in [2.24, 2.45) is 5.73 Å². The Balaban J connectivity index is 1.71. The first-order valence-corrected chi connectivity index (χ1v) is 8.57. The summed E-state index contributed by atoms with van der Waals surface area (Å²) < 4.78 is 44.8. The van der Waals surface area contributed by atoms with E-state index in [1.807, 2.05) is 7.05 Å². The van der Waals surface area contributed by atoms with E-state index in [-0.39, 0.29) is 24.4 Å². The lowest BCUT2D eigenvalue weighted by Crippen LogP contribution is -2.60. The van der Waals surface area contributed by atoms with Gasteiger partial charge in [0.15, 0.2) is 0 Å². The second kappa shape index (κ2) is 7.42. The molecule has 0 bridgehead atoms. The Morgan fingerprint density at radius 3 is 2.81 bits per heavy atom. The van der Waals surface area contributed by atoms with Crippen LogP contribution >= 0.6 is 0 Å². The van der Waals surface area contributed by atoms with Gasteiger partial charge in [0.25, 0.3) is 0 Å². The molecule has 2 saturated heterocycles. The van der Waals surface area contributed by atoms with Crippen LogP contribution in [0.1, 0.15) is 17.5 Å². The van der Waals surface area contributed by atoms with E-state index in [1.54, 1.807) is 4.90 Å². The number of rotatable bonds is 2. The molecule has 3 N–H and O–H groups in total. The first kappa shape index (κ1) is 18.9. The Kier molecular flexibility index (Phi) is 5.40. The van der Waals surface area contributed by atoms with Gasteiger partial charge < -0.3 is 20.7 Å². The lowest BCUT2D eigenvalue weighted by atomic mass is 9.99. The fourth-order valence-electron chi connectivity index (χ4n) is 3.47. The number of likely N-dealkylation sites (tertiary alicyclic amines) is 1. The molecular weight excluding hydrogens is 349 g/mol. The number of anilines is 1. The van der Waals surface area contributed by atoms with Crippen LogP contribution in [0.3, 0.4) is 0 Å². The molecule has 2 heterocycles. The summed E-state index contributed by atoms with van der Waals surface area (Å²) in [5.74, 6) is 0. The number of halogens is 3. The molecule has 26 heavy (non-hydrogen) atoms. The van der Waals surface area contributed by atoms with Crippen molar-refractivity contribution in [1.82, 2.24) is 9.80 Å². The van der Waals surface area contributed by atoms with Gasteiger partial charge in [0.2, 0.25) is 0 Å². The standard InChI is InChI=1S/C17H23F3N4O2/c1-23-4-5-26-15-2-3-24(10-14(15)23)16(25)22-13-7-11(9-21)6-12(8-13)17(18,19)20/h6-8,14-15H,2-5,9-10,21H2,1H3,(H,22,25). The Hall–Kier alpha value is -1.84. The summed E-state index contributed by atoms with van der Waals surface area (Å²) >= 11 is 0. The second-order valence-electron chi connectivity index (χ2n) is 6.74. The van der Waals surface area contributed by atoms with Gasteiger partial charge in [0.05, 0.1) is 24.3 Å². The molecule has 6 nitrogen and oxygen atoms in total. The molecule has 2 aliphatic heterocycles. The number of alkyl halides is 3. The summed E-state index contributed by atoms with van der Waals surface area (Å²) in [5.41, 5.74) is 5.07. The molecule has 0 spiro atoms. The normalized spacial score (nSPS) is 24.3. The SMILES string of the molecule is CN1CCOC2CCN(C(=O)Nc3cc(CN)cc(C(F)(F)F)c3)CC21. The van der Waals surface area contributed by atoms with Gasteiger partial charge >= 0.3 is 12.2 Å². The van der Waals surface area contributed by atoms with Crippen molar-refractivity contribution < 1.29 is 22.7 Å². The van der Waals surface area contributed by atoms with Gasteiger partial charge in [-0.3, -0.25) is 4.90 Å². The van der Waals surface area contributed by atoms with E-state index in [0.29, 0.717) is 31.7 Å². The van der Waals surface area contributed by atoms with Gasteiger partial charge in [-0.15, -0.1) is 0 Å². The summed E-state index contributed by atoms with van der Waals surface area (Å²) in [6, 6.07) is 3.08. The molecule has 2 amide bonds. The molecule has 144 valence electrons. The van der Waals surface area contributed by atoms with Crippen molar-refractivity contribution >= 4 is 11.7 Å². The molecule has 0 radical (unpaired) electrons. The molecule has 2 aliphatic rings. The highest BCUT2D eigenvalue weighted by Gasteiger charge is 2.37. The van der Waals surface area contributed by atoms with Crippen molar-refractivity contribution in [3.63, 3.8) is 0 Å². The third-order valence-electron chi connectivity index (χ3n) is 4.96. The molecule has 1 aromatic rings. The fourth-order valence-corrected chi connectivity index (χ4v) is 3.47. The third kappa shape index (κ3) is 4.11. The number of hydrogen-bond acceptors (Lipinski definition) is 4. The van der Waals surface area contributed by atoms with Crippen LogP contribution in [0, 0.1) is 0 Å². The maximum Gasteiger partial charge on any atom is 0.416 e. The highest BCUT2D eigenvalue weighted by molar-refractivity contribution is 5.89. The van der Waals surface area contributed by atoms with Crippen LogP contribution in [-0.2, 0) is 17.5 Å². The van der Waals surface area contributed by atoms with Crippen molar-refractivity contribution in [2.45, 2.75) is 31.3 Å². The zero-order valence-corrected chi connectivity index (χ0v) is 14.6. The van der Waals surface area contributed by atoms with Crippen LogP contribution in [0.2, 0.25) is 0 Å². The molecular formula is C17H23F3N4O2. The molecule has 3 rings (SSSR count). The summed E-state index contributed by atoms with van der Waals surface area (Å²) in [7, 11) is 1.99. The van der Waals surface area contributed by atoms with Crippen LogP contribution in [0.5, 0.6) is 0 Å². The lowest BCUT2D eigenvalue weighted by molar-refractivity contribution is -0.137. The first-order valence-electron chi connectivity index (χ1n) is 8.57. The van der Waals surface area contributed by atoms with Crippen molar-refractivity contribution in [1.29, 1.82) is 0 Å². The number of ether oxygens (including phenoxy) is 1. The van der Waals surface area contributed by atoms with Gasteiger partial charge in [-0.1, -0.05) is 0 Å². The summed E-state index contributed by atoms with van der Waals surface area (Å²) in [6.07, 6.45) is -3.69. The Bertz CT molecular complexity index is 668. The third-order valence-corrected chi connectivity index (χ3v) is 4.96. The average Bonchev–Trinajstić information content (AvgIpc) is 2.60. The highest BCUT2D eigenvalue weighted by atomic mass is 19.4. The number of carbonyl (C=O) groups excluding carboxylic acids is 1. The minimum atomic E-state index is -4.49. The number of morpholine rings is 1. The largest absolute Gasteiger partial charge is 0.416 e. The predicted octanol–water partition coefficient (Wildman–Crippen LogP) is 2.10. The minimum absolute atomic E-state index is 0.0393. The number of carbonyl (C=O) groups is 1. The molecule has 0 aromatic heterocycles. The number of nitrogens with zero attached hydrogens (tertiary/aromatic N) is 2. The molecule has 0 saturated carbocycles. The number of urea groups is 1. The maximum atomic E-state index is 13.0. The van der Waals surface area contributed by atoms with E-state index in [1.165, 1.54) is 6.07 Å². The zero-order chi connectivity index (χ0) is 18.9. The monoisotopic (exact) mass is 372 g/mol. The van der Waals surface area contributed by atoms with Gasteiger partial charge in [-0.25, -0.2) is 4.79 Å². The molecule has 1 aromatic carbocycles. The Morgan fingerprint density at radius 2 is 2.12 bits per heavy atom. The van der Waals surface area contributed by atoms with E-state index in [9.17, 15) is 18.0 Å². The topological polar surface area (TPSA) is 70.8 Å².